The van der Waals surface area contributed by atoms with Crippen molar-refractivity contribution in [3.63, 3.8) is 0 Å². The fourth-order valence-corrected chi connectivity index (χ4v) is 3.52. The van der Waals surface area contributed by atoms with Crippen molar-refractivity contribution < 1.29 is 4.79 Å². The summed E-state index contributed by atoms with van der Waals surface area (Å²) in [4.78, 5) is 18.8. The van der Waals surface area contributed by atoms with Crippen molar-refractivity contribution in [2.24, 2.45) is 5.92 Å². The van der Waals surface area contributed by atoms with E-state index in [1.165, 1.54) is 30.7 Å². The van der Waals surface area contributed by atoms with Crippen molar-refractivity contribution in [2.45, 2.75) is 39.0 Å². The molecule has 5 heteroatoms. The Balaban J connectivity index is 1.74. The van der Waals surface area contributed by atoms with Crippen molar-refractivity contribution in [2.75, 3.05) is 26.7 Å². The molecule has 1 fully saturated rings. The Kier molecular flexibility index (Phi) is 5.54. The van der Waals surface area contributed by atoms with Crippen molar-refractivity contribution in [3.8, 4) is 0 Å². The smallest absolute Gasteiger partial charge is 0.280 e. The number of aromatic nitrogens is 1. The molecule has 1 aromatic rings. The minimum Gasteiger partial charge on any atom is -0.350 e. The van der Waals surface area contributed by atoms with Crippen LogP contribution in [0.2, 0.25) is 0 Å². The van der Waals surface area contributed by atoms with Gasteiger partial charge < -0.3 is 10.2 Å². The highest BCUT2D eigenvalue weighted by Crippen LogP contribution is 2.19. The first-order valence-electron chi connectivity index (χ1n) is 7.48. The third-order valence-corrected chi connectivity index (χ3v) is 4.73. The van der Waals surface area contributed by atoms with Crippen LogP contribution in [0.25, 0.3) is 0 Å². The lowest BCUT2D eigenvalue weighted by molar-refractivity contribution is 0.0947. The van der Waals surface area contributed by atoms with Gasteiger partial charge in [0.2, 0.25) is 0 Å². The van der Waals surface area contributed by atoms with Gasteiger partial charge in [-0.15, -0.1) is 11.3 Å². The fraction of sp³-hybridized carbons (Fsp3) is 0.733. The number of carbonyl (C=O) groups is 1. The van der Waals surface area contributed by atoms with Crippen molar-refractivity contribution in [1.29, 1.82) is 0 Å². The second kappa shape index (κ2) is 7.18. The molecule has 1 aromatic heterocycles. The van der Waals surface area contributed by atoms with E-state index in [-0.39, 0.29) is 5.91 Å². The Hall–Kier alpha value is -0.940. The molecule has 1 saturated heterocycles. The normalized spacial score (nSPS) is 20.3. The van der Waals surface area contributed by atoms with Crippen LogP contribution in [0.5, 0.6) is 0 Å². The monoisotopic (exact) mass is 295 g/mol. The molecule has 1 N–H and O–H groups in total. The Bertz CT molecular complexity index is 444. The molecule has 0 aromatic carbocycles. The van der Waals surface area contributed by atoms with Crippen molar-refractivity contribution in [1.82, 2.24) is 15.2 Å². The first-order chi connectivity index (χ1) is 9.56. The number of piperidine rings is 1. The van der Waals surface area contributed by atoms with Gasteiger partial charge in [0, 0.05) is 18.5 Å². The molecule has 0 unspecified atom stereocenters. The Morgan fingerprint density at radius 3 is 3.05 bits per heavy atom. The second-order valence-electron chi connectivity index (χ2n) is 6.05. The minimum absolute atomic E-state index is 0.0222. The zero-order chi connectivity index (χ0) is 14.5. The molecular weight excluding hydrogens is 270 g/mol. The number of rotatable bonds is 5. The van der Waals surface area contributed by atoms with Crippen LogP contribution in [0.15, 0.2) is 5.38 Å². The predicted molar refractivity (Wildman–Crippen MR) is 83.4 cm³/mol. The van der Waals surface area contributed by atoms with Crippen molar-refractivity contribution in [3.05, 3.63) is 16.1 Å². The van der Waals surface area contributed by atoms with E-state index in [2.05, 4.69) is 36.1 Å². The lowest BCUT2D eigenvalue weighted by Crippen LogP contribution is -2.34. The van der Waals surface area contributed by atoms with Crippen LogP contribution in [0, 0.1) is 5.92 Å². The van der Waals surface area contributed by atoms with E-state index in [0.717, 1.165) is 31.1 Å². The van der Waals surface area contributed by atoms with Crippen LogP contribution in [0.4, 0.5) is 0 Å². The van der Waals surface area contributed by atoms with Crippen LogP contribution in [0.3, 0.4) is 0 Å². The number of nitrogens with zero attached hydrogens (tertiary/aromatic N) is 2. The molecule has 1 aliphatic heterocycles. The van der Waals surface area contributed by atoms with E-state index in [9.17, 15) is 4.79 Å². The highest BCUT2D eigenvalue weighted by atomic mass is 32.1. The largest absolute Gasteiger partial charge is 0.350 e. The van der Waals surface area contributed by atoms with Crippen LogP contribution >= 0.6 is 11.3 Å². The number of hydrogen-bond acceptors (Lipinski definition) is 4. The van der Waals surface area contributed by atoms with E-state index >= 15 is 0 Å². The molecule has 1 atom stereocenters. The lowest BCUT2D eigenvalue weighted by Gasteiger charge is -2.29. The second-order valence-corrected chi connectivity index (χ2v) is 6.91. The fourth-order valence-electron chi connectivity index (χ4n) is 2.63. The van der Waals surface area contributed by atoms with E-state index in [0.29, 0.717) is 10.9 Å². The van der Waals surface area contributed by atoms with Gasteiger partial charge in [-0.25, -0.2) is 4.98 Å². The number of nitrogens with one attached hydrogen (secondary N) is 1. The van der Waals surface area contributed by atoms with Gasteiger partial charge in [0.05, 0.1) is 5.69 Å². The van der Waals surface area contributed by atoms with Gasteiger partial charge >= 0.3 is 0 Å². The summed E-state index contributed by atoms with van der Waals surface area (Å²) in [7, 11) is 2.17. The summed E-state index contributed by atoms with van der Waals surface area (Å²) in [6.07, 6.45) is 3.63. The summed E-state index contributed by atoms with van der Waals surface area (Å²) in [5, 5.41) is 5.58. The van der Waals surface area contributed by atoms with E-state index in [1.54, 1.807) is 0 Å². The maximum absolute atomic E-state index is 12.0. The zero-order valence-electron chi connectivity index (χ0n) is 12.7. The van der Waals surface area contributed by atoms with Gasteiger partial charge in [0.1, 0.15) is 0 Å². The van der Waals surface area contributed by atoms with Gasteiger partial charge in [-0.05, 0) is 44.7 Å². The maximum Gasteiger partial charge on any atom is 0.280 e. The van der Waals surface area contributed by atoms with Crippen LogP contribution in [-0.4, -0.2) is 42.5 Å². The van der Waals surface area contributed by atoms with Gasteiger partial charge in [-0.3, -0.25) is 4.79 Å². The van der Waals surface area contributed by atoms with Crippen LogP contribution in [-0.2, 0) is 0 Å². The number of thiazole rings is 1. The molecule has 112 valence electrons. The standard InChI is InChI=1S/C15H25N3OS/c1-11(2)13-10-20-15(17-13)14(19)16-7-6-12-5-4-8-18(3)9-12/h10-12H,4-9H2,1-3H3,(H,16,19)/t12-/m1/s1. The molecule has 20 heavy (non-hydrogen) atoms. The maximum atomic E-state index is 12.0. The lowest BCUT2D eigenvalue weighted by atomic mass is 9.95. The summed E-state index contributed by atoms with van der Waals surface area (Å²) in [6, 6.07) is 0. The SMILES string of the molecule is CC(C)c1csc(C(=O)NCC[C@H]2CCCN(C)C2)n1. The van der Waals surface area contributed by atoms with Crippen LogP contribution in [0.1, 0.15) is 54.5 Å². The highest BCUT2D eigenvalue weighted by molar-refractivity contribution is 7.11. The molecule has 2 rings (SSSR count). The number of amides is 1. The average molecular weight is 295 g/mol. The average Bonchev–Trinajstić information content (AvgIpc) is 2.88. The van der Waals surface area contributed by atoms with Gasteiger partial charge in [0.15, 0.2) is 5.01 Å². The molecule has 4 nitrogen and oxygen atoms in total. The summed E-state index contributed by atoms with van der Waals surface area (Å²) in [6.45, 7) is 7.31. The van der Waals surface area contributed by atoms with E-state index in [4.69, 9.17) is 0 Å². The Labute approximate surface area is 125 Å². The van der Waals surface area contributed by atoms with E-state index in [1.807, 2.05) is 5.38 Å². The van der Waals surface area contributed by atoms with Gasteiger partial charge in [0.25, 0.3) is 5.91 Å². The van der Waals surface area contributed by atoms with Gasteiger partial charge in [-0.1, -0.05) is 13.8 Å². The molecule has 0 spiro atoms. The van der Waals surface area contributed by atoms with Gasteiger partial charge in [-0.2, -0.15) is 0 Å². The third kappa shape index (κ3) is 4.28. The molecule has 0 aliphatic carbocycles. The number of carbonyl (C=O) groups excluding carboxylic acids is 1. The summed E-state index contributed by atoms with van der Waals surface area (Å²) >= 11 is 1.44. The zero-order valence-corrected chi connectivity index (χ0v) is 13.5. The highest BCUT2D eigenvalue weighted by Gasteiger charge is 2.18. The number of hydrogen-bond donors (Lipinski definition) is 1. The molecule has 1 aliphatic rings. The molecule has 2 heterocycles. The van der Waals surface area contributed by atoms with Crippen molar-refractivity contribution >= 4 is 17.2 Å². The topological polar surface area (TPSA) is 45.2 Å². The first kappa shape index (κ1) is 15.4. The quantitative estimate of drug-likeness (QED) is 0.908. The summed E-state index contributed by atoms with van der Waals surface area (Å²) < 4.78 is 0. The predicted octanol–water partition coefficient (Wildman–Crippen LogP) is 2.73. The molecule has 0 radical (unpaired) electrons. The Morgan fingerprint density at radius 1 is 1.60 bits per heavy atom. The number of likely N-dealkylation sites (tertiary alicyclic amines) is 1. The third-order valence-electron chi connectivity index (χ3n) is 3.87. The van der Waals surface area contributed by atoms with Crippen LogP contribution < -0.4 is 5.32 Å². The molecule has 0 bridgehead atoms. The molecule has 0 saturated carbocycles. The Morgan fingerprint density at radius 2 is 2.40 bits per heavy atom. The molecule has 1 amide bonds. The van der Waals surface area contributed by atoms with E-state index < -0.39 is 0 Å². The minimum atomic E-state index is -0.0222. The first-order valence-corrected chi connectivity index (χ1v) is 8.36. The summed E-state index contributed by atoms with van der Waals surface area (Å²) in [5.74, 6) is 1.08. The molecular formula is C15H25N3OS. The summed E-state index contributed by atoms with van der Waals surface area (Å²) in [5.41, 5.74) is 1.01.